The van der Waals surface area contributed by atoms with Crippen molar-refractivity contribution in [2.24, 2.45) is 5.73 Å². The van der Waals surface area contributed by atoms with Crippen LogP contribution in [0.3, 0.4) is 0 Å². The molecule has 1 aliphatic rings. The first kappa shape index (κ1) is 13.5. The molecule has 1 amide bonds. The highest BCUT2D eigenvalue weighted by Crippen LogP contribution is 2.12. The fourth-order valence-electron chi connectivity index (χ4n) is 2.21. The van der Waals surface area contributed by atoms with Crippen molar-refractivity contribution in [3.63, 3.8) is 0 Å². The SMILES string of the molecule is CN1CCN(C(=O)c2ccc(C#N)cn2)C(CN)C1. The van der Waals surface area contributed by atoms with Crippen molar-refractivity contribution in [3.8, 4) is 6.07 Å². The fraction of sp³-hybridized carbons (Fsp3) is 0.462. The van der Waals surface area contributed by atoms with Crippen LogP contribution in [-0.4, -0.2) is 60.0 Å². The van der Waals surface area contributed by atoms with E-state index in [-0.39, 0.29) is 11.9 Å². The maximum Gasteiger partial charge on any atom is 0.272 e. The number of aromatic nitrogens is 1. The van der Waals surface area contributed by atoms with Crippen molar-refractivity contribution in [1.82, 2.24) is 14.8 Å². The molecule has 2 rings (SSSR count). The molecule has 6 heteroatoms. The average Bonchev–Trinajstić information content (AvgIpc) is 2.46. The highest BCUT2D eigenvalue weighted by Gasteiger charge is 2.29. The van der Waals surface area contributed by atoms with Gasteiger partial charge in [0.05, 0.1) is 11.6 Å². The fourth-order valence-corrected chi connectivity index (χ4v) is 2.21. The zero-order valence-electron chi connectivity index (χ0n) is 10.9. The van der Waals surface area contributed by atoms with E-state index in [9.17, 15) is 4.79 Å². The van der Waals surface area contributed by atoms with E-state index in [1.54, 1.807) is 17.0 Å². The molecular weight excluding hydrogens is 242 g/mol. The molecule has 1 aliphatic heterocycles. The van der Waals surface area contributed by atoms with E-state index in [0.29, 0.717) is 24.3 Å². The molecule has 0 spiro atoms. The normalized spacial score (nSPS) is 20.1. The number of carbonyl (C=O) groups excluding carboxylic acids is 1. The quantitative estimate of drug-likeness (QED) is 0.785. The van der Waals surface area contributed by atoms with Gasteiger partial charge in [0, 0.05) is 32.4 Å². The molecule has 100 valence electrons. The Morgan fingerprint density at radius 2 is 2.37 bits per heavy atom. The van der Waals surface area contributed by atoms with Gasteiger partial charge in [-0.05, 0) is 19.2 Å². The summed E-state index contributed by atoms with van der Waals surface area (Å²) in [6, 6.07) is 5.20. The first-order valence-electron chi connectivity index (χ1n) is 6.21. The predicted octanol–water partition coefficient (Wildman–Crippen LogP) is -0.332. The van der Waals surface area contributed by atoms with Gasteiger partial charge < -0.3 is 15.5 Å². The van der Waals surface area contributed by atoms with Gasteiger partial charge in [0.25, 0.3) is 5.91 Å². The molecule has 1 aromatic rings. The molecule has 1 atom stereocenters. The van der Waals surface area contributed by atoms with Gasteiger partial charge in [-0.25, -0.2) is 4.98 Å². The van der Waals surface area contributed by atoms with Gasteiger partial charge in [-0.2, -0.15) is 5.26 Å². The largest absolute Gasteiger partial charge is 0.330 e. The molecule has 2 N–H and O–H groups in total. The number of carbonyl (C=O) groups is 1. The van der Waals surface area contributed by atoms with Crippen LogP contribution in [-0.2, 0) is 0 Å². The van der Waals surface area contributed by atoms with E-state index >= 15 is 0 Å². The highest BCUT2D eigenvalue weighted by atomic mass is 16.2. The molecular formula is C13H17N5O. The van der Waals surface area contributed by atoms with Crippen LogP contribution < -0.4 is 5.73 Å². The number of hydrogen-bond acceptors (Lipinski definition) is 5. The standard InChI is InChI=1S/C13H17N5O/c1-17-4-5-18(11(7-15)9-17)13(19)12-3-2-10(6-14)8-16-12/h2-3,8,11H,4-5,7,9,15H2,1H3. The number of nitrogens with zero attached hydrogens (tertiary/aromatic N) is 4. The van der Waals surface area contributed by atoms with Crippen LogP contribution >= 0.6 is 0 Å². The van der Waals surface area contributed by atoms with Gasteiger partial charge in [-0.1, -0.05) is 0 Å². The lowest BCUT2D eigenvalue weighted by Crippen LogP contribution is -2.56. The Kier molecular flexibility index (Phi) is 4.10. The van der Waals surface area contributed by atoms with Crippen molar-refractivity contribution in [3.05, 3.63) is 29.6 Å². The van der Waals surface area contributed by atoms with Crippen LogP contribution in [0.15, 0.2) is 18.3 Å². The van der Waals surface area contributed by atoms with Gasteiger partial charge in [0.15, 0.2) is 0 Å². The Morgan fingerprint density at radius 3 is 2.95 bits per heavy atom. The molecule has 2 heterocycles. The summed E-state index contributed by atoms with van der Waals surface area (Å²) in [6.45, 7) is 2.70. The van der Waals surface area contributed by atoms with Crippen LogP contribution in [0.4, 0.5) is 0 Å². The zero-order chi connectivity index (χ0) is 13.8. The summed E-state index contributed by atoms with van der Waals surface area (Å²) in [5.74, 6) is -0.118. The minimum absolute atomic E-state index is 0.0173. The van der Waals surface area contributed by atoms with Crippen molar-refractivity contribution in [2.45, 2.75) is 6.04 Å². The molecule has 0 bridgehead atoms. The zero-order valence-corrected chi connectivity index (χ0v) is 10.9. The van der Waals surface area contributed by atoms with E-state index in [2.05, 4.69) is 9.88 Å². The second-order valence-corrected chi connectivity index (χ2v) is 4.69. The molecule has 0 aromatic carbocycles. The monoisotopic (exact) mass is 259 g/mol. The van der Waals surface area contributed by atoms with Gasteiger partial charge >= 0.3 is 0 Å². The number of nitriles is 1. The smallest absolute Gasteiger partial charge is 0.272 e. The lowest BCUT2D eigenvalue weighted by Gasteiger charge is -2.39. The molecule has 1 fully saturated rings. The second kappa shape index (κ2) is 5.78. The third kappa shape index (κ3) is 2.89. The molecule has 0 aliphatic carbocycles. The molecule has 19 heavy (non-hydrogen) atoms. The number of rotatable bonds is 2. The summed E-state index contributed by atoms with van der Waals surface area (Å²) in [4.78, 5) is 20.4. The van der Waals surface area contributed by atoms with Gasteiger partial charge in [-0.3, -0.25) is 4.79 Å². The van der Waals surface area contributed by atoms with Crippen LogP contribution in [0.5, 0.6) is 0 Å². The summed E-state index contributed by atoms with van der Waals surface area (Å²) in [7, 11) is 2.02. The summed E-state index contributed by atoms with van der Waals surface area (Å²) >= 11 is 0. The number of pyridine rings is 1. The first-order chi connectivity index (χ1) is 9.15. The van der Waals surface area contributed by atoms with Crippen molar-refractivity contribution in [1.29, 1.82) is 5.26 Å². The van der Waals surface area contributed by atoms with E-state index in [1.165, 1.54) is 6.20 Å². The number of amides is 1. The summed E-state index contributed by atoms with van der Waals surface area (Å²) < 4.78 is 0. The van der Waals surface area contributed by atoms with Crippen LogP contribution in [0.25, 0.3) is 0 Å². The third-order valence-electron chi connectivity index (χ3n) is 3.33. The van der Waals surface area contributed by atoms with Crippen LogP contribution in [0, 0.1) is 11.3 Å². The van der Waals surface area contributed by atoms with E-state index in [0.717, 1.165) is 13.1 Å². The molecule has 1 aromatic heterocycles. The van der Waals surface area contributed by atoms with Gasteiger partial charge in [0.1, 0.15) is 11.8 Å². The highest BCUT2D eigenvalue weighted by molar-refractivity contribution is 5.92. The molecule has 0 saturated carbocycles. The van der Waals surface area contributed by atoms with Crippen molar-refractivity contribution < 1.29 is 4.79 Å². The topological polar surface area (TPSA) is 86.2 Å². The Bertz CT molecular complexity index is 493. The molecule has 1 unspecified atom stereocenters. The maximum absolute atomic E-state index is 12.4. The first-order valence-corrected chi connectivity index (χ1v) is 6.21. The minimum Gasteiger partial charge on any atom is -0.330 e. The lowest BCUT2D eigenvalue weighted by atomic mass is 10.1. The van der Waals surface area contributed by atoms with E-state index in [4.69, 9.17) is 11.0 Å². The average molecular weight is 259 g/mol. The number of likely N-dealkylation sites (N-methyl/N-ethyl adjacent to an activating group) is 1. The lowest BCUT2D eigenvalue weighted by molar-refractivity contribution is 0.0510. The number of hydrogen-bond donors (Lipinski definition) is 1. The second-order valence-electron chi connectivity index (χ2n) is 4.69. The molecule has 0 radical (unpaired) electrons. The molecule has 1 saturated heterocycles. The minimum atomic E-state index is -0.118. The maximum atomic E-state index is 12.4. The Labute approximate surface area is 112 Å². The van der Waals surface area contributed by atoms with Crippen molar-refractivity contribution in [2.75, 3.05) is 33.2 Å². The van der Waals surface area contributed by atoms with Crippen molar-refractivity contribution >= 4 is 5.91 Å². The summed E-state index contributed by atoms with van der Waals surface area (Å²) in [6.07, 6.45) is 1.42. The molecule has 6 nitrogen and oxygen atoms in total. The number of piperazine rings is 1. The van der Waals surface area contributed by atoms with E-state index in [1.807, 2.05) is 13.1 Å². The van der Waals surface area contributed by atoms with Crippen LogP contribution in [0.2, 0.25) is 0 Å². The Hall–Kier alpha value is -1.97. The Balaban J connectivity index is 2.15. The van der Waals surface area contributed by atoms with Crippen LogP contribution in [0.1, 0.15) is 16.1 Å². The van der Waals surface area contributed by atoms with E-state index < -0.39 is 0 Å². The summed E-state index contributed by atoms with van der Waals surface area (Å²) in [5.41, 5.74) is 6.55. The van der Waals surface area contributed by atoms with Gasteiger partial charge in [-0.15, -0.1) is 0 Å². The van der Waals surface area contributed by atoms with Gasteiger partial charge in [0.2, 0.25) is 0 Å². The third-order valence-corrected chi connectivity index (χ3v) is 3.33. The Morgan fingerprint density at radius 1 is 1.58 bits per heavy atom. The number of nitrogens with two attached hydrogens (primary N) is 1. The summed E-state index contributed by atoms with van der Waals surface area (Å²) in [5, 5.41) is 8.72. The predicted molar refractivity (Wildman–Crippen MR) is 70.3 cm³/mol.